The summed E-state index contributed by atoms with van der Waals surface area (Å²) in [6.07, 6.45) is 16.4. The molecule has 38 heavy (non-hydrogen) atoms. The van der Waals surface area contributed by atoms with Gasteiger partial charge in [0.1, 0.15) is 0 Å². The van der Waals surface area contributed by atoms with E-state index in [0.717, 1.165) is 67.8 Å². The van der Waals surface area contributed by atoms with Gasteiger partial charge in [0.15, 0.2) is 0 Å². The summed E-state index contributed by atoms with van der Waals surface area (Å²) in [5.41, 5.74) is 5.91. The van der Waals surface area contributed by atoms with Crippen molar-refractivity contribution in [1.82, 2.24) is 24.7 Å². The van der Waals surface area contributed by atoms with Gasteiger partial charge in [-0.05, 0) is 84.0 Å². The Morgan fingerprint density at radius 1 is 1.13 bits per heavy atom. The van der Waals surface area contributed by atoms with E-state index in [2.05, 4.69) is 70.7 Å². The normalized spacial score (nSPS) is 23.8. The fourth-order valence-electron chi connectivity index (χ4n) is 5.94. The first-order chi connectivity index (χ1) is 18.5. The Kier molecular flexibility index (Phi) is 8.47. The van der Waals surface area contributed by atoms with Gasteiger partial charge < -0.3 is 20.0 Å². The lowest BCUT2D eigenvalue weighted by molar-refractivity contribution is 0.169. The molecule has 2 aromatic heterocycles. The average Bonchev–Trinajstić information content (AvgIpc) is 3.42. The molecule has 0 saturated carbocycles. The lowest BCUT2D eigenvalue weighted by Crippen LogP contribution is -2.51. The average molecular weight is 518 g/mol. The van der Waals surface area contributed by atoms with Crippen LogP contribution in [0.5, 0.6) is 0 Å². The first-order valence-electron chi connectivity index (χ1n) is 14.5. The summed E-state index contributed by atoms with van der Waals surface area (Å²) >= 11 is 0. The SMILES string of the molecule is CCNC(=O)N1CCN(c2ccnn3cc(C4=C/N=C(/C5CCN(C(C)C)CC5)CCC/C=C\4)cc23)CC1. The number of piperazine rings is 1. The van der Waals surface area contributed by atoms with Crippen molar-refractivity contribution in [3.05, 3.63) is 48.4 Å². The molecule has 2 amide bonds. The topological polar surface area (TPSA) is 68.5 Å². The second-order valence-corrected chi connectivity index (χ2v) is 11.0. The number of carbonyl (C=O) groups is 1. The Hall–Kier alpha value is -3.13. The Bertz CT molecular complexity index is 1190. The zero-order valence-electron chi connectivity index (χ0n) is 23.3. The highest BCUT2D eigenvalue weighted by molar-refractivity contribution is 5.89. The number of nitrogens with one attached hydrogen (secondary N) is 1. The number of carbonyl (C=O) groups excluding carboxylic acids is 1. The Morgan fingerprint density at radius 2 is 1.92 bits per heavy atom. The molecule has 2 aromatic rings. The predicted octanol–water partition coefficient (Wildman–Crippen LogP) is 4.83. The van der Waals surface area contributed by atoms with Crippen molar-refractivity contribution >= 4 is 28.5 Å². The zero-order chi connectivity index (χ0) is 26.5. The fourth-order valence-corrected chi connectivity index (χ4v) is 5.94. The van der Waals surface area contributed by atoms with Crippen LogP contribution in [0.15, 0.2) is 47.9 Å². The number of hydrogen-bond acceptors (Lipinski definition) is 5. The van der Waals surface area contributed by atoms with E-state index < -0.39 is 0 Å². The van der Waals surface area contributed by atoms with E-state index in [1.165, 1.54) is 31.6 Å². The number of amides is 2. The van der Waals surface area contributed by atoms with Crippen LogP contribution in [0.3, 0.4) is 0 Å². The van der Waals surface area contributed by atoms with E-state index >= 15 is 0 Å². The quantitative estimate of drug-likeness (QED) is 0.617. The number of nitrogens with zero attached hydrogens (tertiary/aromatic N) is 6. The summed E-state index contributed by atoms with van der Waals surface area (Å²) in [6.45, 7) is 12.6. The number of rotatable bonds is 5. The summed E-state index contributed by atoms with van der Waals surface area (Å²) < 4.78 is 1.98. The minimum Gasteiger partial charge on any atom is -0.366 e. The van der Waals surface area contributed by atoms with E-state index in [4.69, 9.17) is 4.99 Å². The molecule has 0 unspecified atom stereocenters. The number of anilines is 1. The molecule has 0 bridgehead atoms. The summed E-state index contributed by atoms with van der Waals surface area (Å²) in [7, 11) is 0. The van der Waals surface area contributed by atoms with Crippen LogP contribution in [0.25, 0.3) is 11.1 Å². The maximum atomic E-state index is 12.2. The summed E-state index contributed by atoms with van der Waals surface area (Å²) in [5, 5.41) is 7.53. The number of hydrogen-bond donors (Lipinski definition) is 1. The first-order valence-corrected chi connectivity index (χ1v) is 14.5. The van der Waals surface area contributed by atoms with Crippen molar-refractivity contribution in [2.45, 2.75) is 58.9 Å². The largest absolute Gasteiger partial charge is 0.366 e. The van der Waals surface area contributed by atoms with Crippen molar-refractivity contribution < 1.29 is 4.79 Å². The molecule has 2 saturated heterocycles. The molecule has 0 atom stereocenters. The predicted molar refractivity (Wildman–Crippen MR) is 156 cm³/mol. The van der Waals surface area contributed by atoms with Crippen LogP contribution in [-0.4, -0.2) is 83.0 Å². The highest BCUT2D eigenvalue weighted by Crippen LogP contribution is 2.29. The zero-order valence-corrected chi connectivity index (χ0v) is 23.3. The third kappa shape index (κ3) is 5.96. The van der Waals surface area contributed by atoms with Gasteiger partial charge in [0, 0.05) is 74.2 Å². The van der Waals surface area contributed by atoms with Crippen molar-refractivity contribution in [2.75, 3.05) is 50.7 Å². The van der Waals surface area contributed by atoms with Crippen LogP contribution in [0.2, 0.25) is 0 Å². The second kappa shape index (κ2) is 12.2. The smallest absolute Gasteiger partial charge is 0.317 e. The second-order valence-electron chi connectivity index (χ2n) is 11.0. The number of aliphatic imine (C=N–C) groups is 1. The van der Waals surface area contributed by atoms with Crippen molar-refractivity contribution in [3.8, 4) is 0 Å². The maximum absolute atomic E-state index is 12.2. The molecular formula is C30H43N7O. The van der Waals surface area contributed by atoms with Crippen molar-refractivity contribution in [2.24, 2.45) is 10.9 Å². The molecule has 3 aliphatic rings. The molecule has 3 aliphatic heterocycles. The summed E-state index contributed by atoms with van der Waals surface area (Å²) in [6, 6.07) is 4.99. The van der Waals surface area contributed by atoms with Crippen LogP contribution < -0.4 is 10.2 Å². The molecule has 0 aromatic carbocycles. The summed E-state index contributed by atoms with van der Waals surface area (Å²) in [5.74, 6) is 0.597. The Morgan fingerprint density at radius 3 is 2.66 bits per heavy atom. The molecule has 8 heteroatoms. The molecule has 0 radical (unpaired) electrons. The number of allylic oxidation sites excluding steroid dienone is 3. The molecule has 8 nitrogen and oxygen atoms in total. The van der Waals surface area contributed by atoms with Crippen LogP contribution >= 0.6 is 0 Å². The molecule has 204 valence electrons. The van der Waals surface area contributed by atoms with E-state index in [1.807, 2.05) is 22.5 Å². The van der Waals surface area contributed by atoms with Gasteiger partial charge in [-0.1, -0.05) is 12.2 Å². The Balaban J connectivity index is 1.35. The lowest BCUT2D eigenvalue weighted by Gasteiger charge is -2.36. The first kappa shape index (κ1) is 26.5. The number of urea groups is 1. The van der Waals surface area contributed by atoms with Crippen LogP contribution in [-0.2, 0) is 0 Å². The number of aromatic nitrogens is 2. The highest BCUT2D eigenvalue weighted by atomic mass is 16.2. The maximum Gasteiger partial charge on any atom is 0.317 e. The van der Waals surface area contributed by atoms with Crippen LogP contribution in [0, 0.1) is 5.92 Å². The molecule has 0 aliphatic carbocycles. The highest BCUT2D eigenvalue weighted by Gasteiger charge is 2.25. The van der Waals surface area contributed by atoms with Gasteiger partial charge in [0.05, 0.1) is 11.2 Å². The molecule has 5 heterocycles. The molecule has 5 rings (SSSR count). The minimum atomic E-state index is 0.0290. The third-order valence-corrected chi connectivity index (χ3v) is 8.26. The lowest BCUT2D eigenvalue weighted by atomic mass is 9.88. The molecule has 1 N–H and O–H groups in total. The Labute approximate surface area is 227 Å². The van der Waals surface area contributed by atoms with Gasteiger partial charge in [-0.3, -0.25) is 4.99 Å². The van der Waals surface area contributed by atoms with E-state index in [-0.39, 0.29) is 6.03 Å². The third-order valence-electron chi connectivity index (χ3n) is 8.26. The summed E-state index contributed by atoms with van der Waals surface area (Å²) in [4.78, 5) is 24.2. The number of fused-ring (bicyclic) bond motifs is 1. The number of piperidine rings is 1. The van der Waals surface area contributed by atoms with Gasteiger partial charge >= 0.3 is 6.03 Å². The minimum absolute atomic E-state index is 0.0290. The van der Waals surface area contributed by atoms with E-state index in [0.29, 0.717) is 18.5 Å². The number of likely N-dealkylation sites (tertiary alicyclic amines) is 1. The standard InChI is InChI=1S/C30H43N7O/c1-4-31-30(38)36-18-16-35(17-19-36)28-10-13-33-37-22-26(20-29(28)37)25-8-6-5-7-9-27(32-21-25)24-11-14-34(15-12-24)23(2)3/h6,8,10,13,20-24H,4-5,7,9,11-12,14-19H2,1-3H3,(H,31,38)/b8-6-,25-21+,32-27+. The van der Waals surface area contributed by atoms with Crippen molar-refractivity contribution in [3.63, 3.8) is 0 Å². The van der Waals surface area contributed by atoms with Gasteiger partial charge in [0.2, 0.25) is 0 Å². The molecule has 0 spiro atoms. The van der Waals surface area contributed by atoms with E-state index in [1.54, 1.807) is 0 Å². The molecular weight excluding hydrogens is 474 g/mol. The van der Waals surface area contributed by atoms with Gasteiger partial charge in [0.25, 0.3) is 0 Å². The van der Waals surface area contributed by atoms with Gasteiger partial charge in [-0.25, -0.2) is 9.31 Å². The monoisotopic (exact) mass is 517 g/mol. The van der Waals surface area contributed by atoms with Crippen LogP contribution in [0.4, 0.5) is 10.5 Å². The molecule has 2 fully saturated rings. The van der Waals surface area contributed by atoms with Crippen molar-refractivity contribution in [1.29, 1.82) is 0 Å². The van der Waals surface area contributed by atoms with Gasteiger partial charge in [-0.2, -0.15) is 5.10 Å². The van der Waals surface area contributed by atoms with E-state index in [9.17, 15) is 4.79 Å². The van der Waals surface area contributed by atoms with Crippen LogP contribution in [0.1, 0.15) is 58.4 Å². The fraction of sp³-hybridized carbons (Fsp3) is 0.567. The van der Waals surface area contributed by atoms with Gasteiger partial charge in [-0.15, -0.1) is 0 Å².